The van der Waals surface area contributed by atoms with Crippen molar-refractivity contribution in [3.8, 4) is 0 Å². The van der Waals surface area contributed by atoms with E-state index in [1.165, 1.54) is 17.1 Å². The zero-order valence-corrected chi connectivity index (χ0v) is 14.6. The van der Waals surface area contributed by atoms with Crippen molar-refractivity contribution < 1.29 is 14.7 Å². The summed E-state index contributed by atoms with van der Waals surface area (Å²) in [6.07, 6.45) is 2.95. The molecule has 1 amide bonds. The van der Waals surface area contributed by atoms with Crippen LogP contribution in [-0.2, 0) is 15.7 Å². The highest BCUT2D eigenvalue weighted by molar-refractivity contribution is 6.04. The first-order valence-electron chi connectivity index (χ1n) is 7.72. The maximum atomic E-state index is 12.3. The van der Waals surface area contributed by atoms with Crippen LogP contribution in [-0.4, -0.2) is 26.8 Å². The van der Waals surface area contributed by atoms with Crippen molar-refractivity contribution in [3.63, 3.8) is 0 Å². The van der Waals surface area contributed by atoms with Gasteiger partial charge in [0.2, 0.25) is 0 Å². The van der Waals surface area contributed by atoms with Crippen LogP contribution >= 0.6 is 0 Å². The molecular formula is C18H23N3O3. The Hall–Kier alpha value is -2.63. The third kappa shape index (κ3) is 3.64. The van der Waals surface area contributed by atoms with E-state index in [9.17, 15) is 14.7 Å². The Morgan fingerprint density at radius 3 is 2.17 bits per heavy atom. The predicted molar refractivity (Wildman–Crippen MR) is 92.3 cm³/mol. The topological polar surface area (TPSA) is 84.2 Å². The van der Waals surface area contributed by atoms with Gasteiger partial charge in [0, 0.05) is 11.8 Å². The summed E-state index contributed by atoms with van der Waals surface area (Å²) in [6, 6.07) is 7.43. The summed E-state index contributed by atoms with van der Waals surface area (Å²) < 4.78 is 1.31. The number of aliphatic carboxylic acids is 1. The number of carbonyl (C=O) groups is 2. The zero-order valence-electron chi connectivity index (χ0n) is 14.6. The van der Waals surface area contributed by atoms with Gasteiger partial charge < -0.3 is 10.4 Å². The average molecular weight is 329 g/mol. The van der Waals surface area contributed by atoms with Crippen molar-refractivity contribution in [1.29, 1.82) is 0 Å². The fourth-order valence-corrected chi connectivity index (χ4v) is 2.12. The van der Waals surface area contributed by atoms with Crippen molar-refractivity contribution in [3.05, 3.63) is 47.8 Å². The summed E-state index contributed by atoms with van der Waals surface area (Å²) in [5, 5.41) is 16.0. The molecule has 0 fully saturated rings. The van der Waals surface area contributed by atoms with Gasteiger partial charge in [-0.2, -0.15) is 5.10 Å². The van der Waals surface area contributed by atoms with Crippen LogP contribution in [0, 0.1) is 0 Å². The number of carboxylic acid groups (broad SMARTS) is 1. The Bertz CT molecular complexity index is 753. The van der Waals surface area contributed by atoms with Gasteiger partial charge in [0.1, 0.15) is 0 Å². The molecule has 2 N–H and O–H groups in total. The molecule has 1 aromatic carbocycles. The number of aromatic nitrogens is 2. The van der Waals surface area contributed by atoms with Gasteiger partial charge >= 0.3 is 5.97 Å². The summed E-state index contributed by atoms with van der Waals surface area (Å²) in [5.41, 5.74) is 0.980. The van der Waals surface area contributed by atoms with Gasteiger partial charge in [-0.05, 0) is 37.0 Å². The molecule has 128 valence electrons. The van der Waals surface area contributed by atoms with Crippen LogP contribution in [0.3, 0.4) is 0 Å². The van der Waals surface area contributed by atoms with Gasteiger partial charge in [-0.3, -0.25) is 9.48 Å². The van der Waals surface area contributed by atoms with E-state index in [2.05, 4.69) is 31.2 Å². The minimum absolute atomic E-state index is 0.0263. The largest absolute Gasteiger partial charge is 0.479 e. The number of hydrogen-bond acceptors (Lipinski definition) is 3. The number of amides is 1. The SMILES string of the molecule is CC(C)(C)c1ccc(C(=O)Nc2cnn(C(C)(C)C(=O)O)c2)cc1. The number of carboxylic acids is 1. The van der Waals surface area contributed by atoms with Crippen LogP contribution in [0.4, 0.5) is 5.69 Å². The minimum Gasteiger partial charge on any atom is -0.479 e. The Labute approximate surface area is 141 Å². The van der Waals surface area contributed by atoms with Crippen LogP contribution in [0.2, 0.25) is 0 Å². The van der Waals surface area contributed by atoms with Crippen LogP contribution in [0.15, 0.2) is 36.7 Å². The zero-order chi connectivity index (χ0) is 18.1. The summed E-state index contributed by atoms with van der Waals surface area (Å²) in [6.45, 7) is 9.42. The van der Waals surface area contributed by atoms with E-state index in [1.54, 1.807) is 26.0 Å². The summed E-state index contributed by atoms with van der Waals surface area (Å²) >= 11 is 0. The van der Waals surface area contributed by atoms with Gasteiger partial charge in [0.05, 0.1) is 11.9 Å². The van der Waals surface area contributed by atoms with Crippen LogP contribution in [0.5, 0.6) is 0 Å². The number of carbonyl (C=O) groups excluding carboxylic acids is 1. The lowest BCUT2D eigenvalue weighted by atomic mass is 9.87. The summed E-state index contributed by atoms with van der Waals surface area (Å²) in [7, 11) is 0. The molecule has 0 unspecified atom stereocenters. The van der Waals surface area contributed by atoms with E-state index in [1.807, 2.05) is 12.1 Å². The number of nitrogens with one attached hydrogen (secondary N) is 1. The fraction of sp³-hybridized carbons (Fsp3) is 0.389. The molecule has 6 nitrogen and oxygen atoms in total. The molecule has 6 heteroatoms. The normalized spacial score (nSPS) is 12.0. The lowest BCUT2D eigenvalue weighted by Crippen LogP contribution is -2.35. The molecule has 0 radical (unpaired) electrons. The smallest absolute Gasteiger partial charge is 0.331 e. The Morgan fingerprint density at radius 1 is 1.08 bits per heavy atom. The lowest BCUT2D eigenvalue weighted by Gasteiger charge is -2.19. The molecule has 1 aromatic heterocycles. The highest BCUT2D eigenvalue weighted by atomic mass is 16.4. The monoisotopic (exact) mass is 329 g/mol. The van der Waals surface area contributed by atoms with E-state index in [0.29, 0.717) is 11.3 Å². The Balaban J connectivity index is 2.13. The molecule has 0 saturated carbocycles. The molecule has 0 aliphatic carbocycles. The van der Waals surface area contributed by atoms with Crippen LogP contribution < -0.4 is 5.32 Å². The van der Waals surface area contributed by atoms with Gasteiger partial charge in [0.15, 0.2) is 5.54 Å². The Morgan fingerprint density at radius 2 is 1.67 bits per heavy atom. The first-order valence-corrected chi connectivity index (χ1v) is 7.72. The highest BCUT2D eigenvalue weighted by Crippen LogP contribution is 2.23. The molecule has 0 saturated heterocycles. The van der Waals surface area contributed by atoms with Crippen LogP contribution in [0.25, 0.3) is 0 Å². The number of anilines is 1. The third-order valence-electron chi connectivity index (χ3n) is 3.95. The first kappa shape index (κ1) is 17.7. The van der Waals surface area contributed by atoms with E-state index in [0.717, 1.165) is 5.56 Å². The van der Waals surface area contributed by atoms with Crippen molar-refractivity contribution >= 4 is 17.6 Å². The number of nitrogens with zero attached hydrogens (tertiary/aromatic N) is 2. The van der Waals surface area contributed by atoms with Gasteiger partial charge in [-0.1, -0.05) is 32.9 Å². The standard InChI is InChI=1S/C18H23N3O3/c1-17(2,3)13-8-6-12(7-9-13)15(22)20-14-10-19-21(11-14)18(4,5)16(23)24/h6-11H,1-5H3,(H,20,22)(H,23,24). The maximum absolute atomic E-state index is 12.3. The summed E-state index contributed by atoms with van der Waals surface area (Å²) in [5.74, 6) is -1.26. The average Bonchev–Trinajstić information content (AvgIpc) is 2.95. The molecule has 0 bridgehead atoms. The number of rotatable bonds is 4. The molecule has 0 aliphatic rings. The lowest BCUT2D eigenvalue weighted by molar-refractivity contribution is -0.146. The number of hydrogen-bond donors (Lipinski definition) is 2. The molecule has 24 heavy (non-hydrogen) atoms. The van der Waals surface area contributed by atoms with Gasteiger partial charge in [-0.25, -0.2) is 4.79 Å². The first-order chi connectivity index (χ1) is 11.0. The quantitative estimate of drug-likeness (QED) is 0.902. The number of benzene rings is 1. The van der Waals surface area contributed by atoms with E-state index in [4.69, 9.17) is 0 Å². The van der Waals surface area contributed by atoms with Crippen molar-refractivity contribution in [2.24, 2.45) is 0 Å². The van der Waals surface area contributed by atoms with E-state index >= 15 is 0 Å². The molecule has 2 aromatic rings. The second-order valence-electron chi connectivity index (χ2n) is 7.32. The van der Waals surface area contributed by atoms with E-state index in [-0.39, 0.29) is 11.3 Å². The van der Waals surface area contributed by atoms with Crippen LogP contribution in [0.1, 0.15) is 50.5 Å². The fourth-order valence-electron chi connectivity index (χ4n) is 2.12. The summed E-state index contributed by atoms with van der Waals surface area (Å²) in [4.78, 5) is 23.5. The molecule has 1 heterocycles. The maximum Gasteiger partial charge on any atom is 0.331 e. The van der Waals surface area contributed by atoms with Gasteiger partial charge in [0.25, 0.3) is 5.91 Å². The molecular weight excluding hydrogens is 306 g/mol. The van der Waals surface area contributed by atoms with Crippen molar-refractivity contribution in [2.45, 2.75) is 45.6 Å². The third-order valence-corrected chi connectivity index (χ3v) is 3.95. The van der Waals surface area contributed by atoms with Gasteiger partial charge in [-0.15, -0.1) is 0 Å². The second kappa shape index (κ2) is 6.11. The minimum atomic E-state index is -1.18. The van der Waals surface area contributed by atoms with Crippen molar-refractivity contribution in [2.75, 3.05) is 5.32 Å². The molecule has 0 atom stereocenters. The molecule has 0 aliphatic heterocycles. The van der Waals surface area contributed by atoms with E-state index < -0.39 is 11.5 Å². The van der Waals surface area contributed by atoms with Crippen molar-refractivity contribution in [1.82, 2.24) is 9.78 Å². The molecule has 0 spiro atoms. The highest BCUT2D eigenvalue weighted by Gasteiger charge is 2.30. The molecule has 2 rings (SSSR count). The second-order valence-corrected chi connectivity index (χ2v) is 7.32. The predicted octanol–water partition coefficient (Wildman–Crippen LogP) is 3.25. The Kier molecular flexibility index (Phi) is 4.51.